The average Bonchev–Trinajstić information content (AvgIpc) is 2.19. The molecule has 1 rings (SSSR count). The monoisotopic (exact) mass is 180 g/mol. The molecule has 4 nitrogen and oxygen atoms in total. The van der Waals surface area contributed by atoms with Crippen molar-refractivity contribution < 1.29 is 19.3 Å². The van der Waals surface area contributed by atoms with E-state index in [0.29, 0.717) is 19.2 Å². The first-order valence-electron chi connectivity index (χ1n) is 3.69. The number of aliphatic hydroxyl groups excluding tert-OH is 2. The van der Waals surface area contributed by atoms with Crippen molar-refractivity contribution in [2.75, 3.05) is 12.8 Å². The third kappa shape index (κ3) is 1.64. The van der Waals surface area contributed by atoms with Gasteiger partial charge < -0.3 is 14.7 Å². The van der Waals surface area contributed by atoms with Crippen LogP contribution in [0, 0.1) is 0 Å². The van der Waals surface area contributed by atoms with Crippen LogP contribution in [0.25, 0.3) is 0 Å². The van der Waals surface area contributed by atoms with Gasteiger partial charge in [-0.3, -0.25) is 4.57 Å². The van der Waals surface area contributed by atoms with Gasteiger partial charge in [0.15, 0.2) is 5.85 Å². The zero-order valence-corrected chi connectivity index (χ0v) is 7.33. The second-order valence-electron chi connectivity index (χ2n) is 2.64. The lowest BCUT2D eigenvalue weighted by Crippen LogP contribution is -2.18. The van der Waals surface area contributed by atoms with Gasteiger partial charge in [0.05, 0.1) is 12.7 Å². The van der Waals surface area contributed by atoms with Crippen LogP contribution in [-0.4, -0.2) is 34.9 Å². The van der Waals surface area contributed by atoms with E-state index in [0.717, 1.165) is 0 Å². The summed E-state index contributed by atoms with van der Waals surface area (Å²) in [4.78, 5) is 0. The fourth-order valence-corrected chi connectivity index (χ4v) is 3.50. The zero-order valence-electron chi connectivity index (χ0n) is 6.43. The molecule has 3 atom stereocenters. The van der Waals surface area contributed by atoms with Crippen molar-refractivity contribution in [1.82, 2.24) is 0 Å². The van der Waals surface area contributed by atoms with Gasteiger partial charge in [0.25, 0.3) is 0 Å². The second kappa shape index (κ2) is 3.23. The maximum Gasteiger partial charge on any atom is 0.233 e. The van der Waals surface area contributed by atoms with Crippen molar-refractivity contribution in [1.29, 1.82) is 0 Å². The molecular weight excluding hydrogens is 167 g/mol. The molecule has 0 aromatic heterocycles. The first-order chi connectivity index (χ1) is 5.10. The van der Waals surface area contributed by atoms with E-state index in [-0.39, 0.29) is 0 Å². The Labute approximate surface area is 65.6 Å². The van der Waals surface area contributed by atoms with E-state index in [1.54, 1.807) is 6.92 Å². The smallest absolute Gasteiger partial charge is 0.233 e. The van der Waals surface area contributed by atoms with Crippen molar-refractivity contribution in [3.05, 3.63) is 0 Å². The highest BCUT2D eigenvalue weighted by Crippen LogP contribution is 2.57. The van der Waals surface area contributed by atoms with Crippen molar-refractivity contribution >= 4 is 7.37 Å². The fraction of sp³-hybridized carbons (Fsp3) is 1.00. The molecule has 0 aliphatic carbocycles. The summed E-state index contributed by atoms with van der Waals surface area (Å²) in [5.41, 5.74) is 0. The first kappa shape index (κ1) is 9.20. The van der Waals surface area contributed by atoms with Gasteiger partial charge in [-0.2, -0.15) is 0 Å². The third-order valence-electron chi connectivity index (χ3n) is 1.83. The van der Waals surface area contributed by atoms with Crippen LogP contribution in [0.15, 0.2) is 0 Å². The minimum atomic E-state index is -2.91. The molecule has 2 N–H and O–H groups in total. The molecule has 0 aromatic rings. The molecule has 1 heterocycles. The molecule has 1 aliphatic heterocycles. The number of hydrogen-bond donors (Lipinski definition) is 2. The fourth-order valence-electron chi connectivity index (χ4n) is 1.22. The van der Waals surface area contributed by atoms with E-state index in [9.17, 15) is 9.67 Å². The maximum atomic E-state index is 11.5. The van der Waals surface area contributed by atoms with Crippen LogP contribution in [0.2, 0.25) is 0 Å². The van der Waals surface area contributed by atoms with Gasteiger partial charge in [-0.25, -0.2) is 0 Å². The van der Waals surface area contributed by atoms with Crippen LogP contribution in [-0.2, 0) is 9.09 Å². The molecule has 3 unspecified atom stereocenters. The topological polar surface area (TPSA) is 66.8 Å². The van der Waals surface area contributed by atoms with Gasteiger partial charge >= 0.3 is 0 Å². The van der Waals surface area contributed by atoms with Gasteiger partial charge in [0.1, 0.15) is 0 Å². The summed E-state index contributed by atoms with van der Waals surface area (Å²) < 4.78 is 16.4. The molecule has 11 heavy (non-hydrogen) atoms. The summed E-state index contributed by atoms with van der Waals surface area (Å²) in [6.07, 6.45) is -0.200. The largest absolute Gasteiger partial charge is 0.390 e. The van der Waals surface area contributed by atoms with E-state index >= 15 is 0 Å². The molecule has 1 fully saturated rings. The normalized spacial score (nSPS) is 44.6. The Balaban J connectivity index is 2.65. The summed E-state index contributed by atoms with van der Waals surface area (Å²) in [6, 6.07) is 0. The molecule has 0 radical (unpaired) electrons. The van der Waals surface area contributed by atoms with Gasteiger partial charge in [0, 0.05) is 6.16 Å². The average molecular weight is 180 g/mol. The van der Waals surface area contributed by atoms with E-state index in [1.807, 2.05) is 0 Å². The second-order valence-corrected chi connectivity index (χ2v) is 5.32. The van der Waals surface area contributed by atoms with E-state index in [1.165, 1.54) is 0 Å². The van der Waals surface area contributed by atoms with E-state index in [4.69, 9.17) is 9.63 Å². The predicted octanol–water partition coefficient (Wildman–Crippen LogP) is 0.384. The Hall–Kier alpha value is 0.110. The van der Waals surface area contributed by atoms with Gasteiger partial charge in [0.2, 0.25) is 7.37 Å². The molecule has 1 saturated heterocycles. The molecule has 0 amide bonds. The van der Waals surface area contributed by atoms with Crippen LogP contribution < -0.4 is 0 Å². The van der Waals surface area contributed by atoms with Crippen molar-refractivity contribution in [3.63, 3.8) is 0 Å². The van der Waals surface area contributed by atoms with E-state index < -0.39 is 19.3 Å². The predicted molar refractivity (Wildman–Crippen MR) is 40.7 cm³/mol. The molecular formula is C6H13O4P. The Morgan fingerprint density at radius 3 is 2.64 bits per heavy atom. The lowest BCUT2D eigenvalue weighted by Gasteiger charge is -2.16. The molecule has 66 valence electrons. The Morgan fingerprint density at radius 1 is 1.64 bits per heavy atom. The molecule has 5 heteroatoms. The minimum absolute atomic E-state index is 0.295. The van der Waals surface area contributed by atoms with Crippen molar-refractivity contribution in [3.8, 4) is 0 Å². The maximum absolute atomic E-state index is 11.5. The van der Waals surface area contributed by atoms with Crippen LogP contribution in [0.5, 0.6) is 0 Å². The van der Waals surface area contributed by atoms with Crippen molar-refractivity contribution in [2.45, 2.75) is 25.3 Å². The van der Waals surface area contributed by atoms with Crippen LogP contribution in [0.1, 0.15) is 13.3 Å². The third-order valence-corrected chi connectivity index (χ3v) is 4.56. The summed E-state index contributed by atoms with van der Waals surface area (Å²) in [6.45, 7) is 2.04. The van der Waals surface area contributed by atoms with Crippen LogP contribution in [0.3, 0.4) is 0 Å². The Kier molecular flexibility index (Phi) is 2.70. The minimum Gasteiger partial charge on any atom is -0.390 e. The number of rotatable bonds is 2. The molecule has 0 aromatic carbocycles. The number of hydrogen-bond acceptors (Lipinski definition) is 4. The SMILES string of the molecule is CCOP1(=O)CCC(O)C1O. The first-order valence-corrected chi connectivity index (χ1v) is 5.57. The quantitative estimate of drug-likeness (QED) is 0.603. The molecule has 0 bridgehead atoms. The summed E-state index contributed by atoms with van der Waals surface area (Å²) >= 11 is 0. The molecule has 0 spiro atoms. The molecule has 1 aliphatic rings. The van der Waals surface area contributed by atoms with Crippen LogP contribution in [0.4, 0.5) is 0 Å². The summed E-state index contributed by atoms with van der Waals surface area (Å²) in [5, 5.41) is 18.3. The van der Waals surface area contributed by atoms with Gasteiger partial charge in [-0.15, -0.1) is 0 Å². The highest BCUT2D eigenvalue weighted by atomic mass is 31.2. The number of aliphatic hydroxyl groups is 2. The lowest BCUT2D eigenvalue weighted by molar-refractivity contribution is 0.0698. The standard InChI is InChI=1S/C6H13O4P/c1-2-10-11(9)4-3-5(7)6(11)8/h5-8H,2-4H2,1H3. The highest BCUT2D eigenvalue weighted by Gasteiger charge is 2.43. The zero-order chi connectivity index (χ0) is 8.48. The summed E-state index contributed by atoms with van der Waals surface area (Å²) in [5.74, 6) is -1.16. The Bertz CT molecular complexity index is 175. The van der Waals surface area contributed by atoms with Gasteiger partial charge in [-0.05, 0) is 13.3 Å². The lowest BCUT2D eigenvalue weighted by atomic mass is 10.3. The van der Waals surface area contributed by atoms with Crippen molar-refractivity contribution in [2.24, 2.45) is 0 Å². The van der Waals surface area contributed by atoms with E-state index in [2.05, 4.69) is 0 Å². The highest BCUT2D eigenvalue weighted by molar-refractivity contribution is 7.59. The molecule has 0 saturated carbocycles. The summed E-state index contributed by atoms with van der Waals surface area (Å²) in [7, 11) is -2.91. The Morgan fingerprint density at radius 2 is 2.27 bits per heavy atom. The van der Waals surface area contributed by atoms with Crippen LogP contribution >= 0.6 is 7.37 Å². The van der Waals surface area contributed by atoms with Gasteiger partial charge in [-0.1, -0.05) is 0 Å².